The molecule has 2 fully saturated rings. The molecule has 1 aromatic heterocycles. The van der Waals surface area contributed by atoms with Crippen molar-refractivity contribution < 1.29 is 18.9 Å². The number of rotatable bonds is 8. The third kappa shape index (κ3) is 4.80. The highest BCUT2D eigenvalue weighted by atomic mass is 35.5. The van der Waals surface area contributed by atoms with Gasteiger partial charge >= 0.3 is 0 Å². The maximum absolute atomic E-state index is 6.66. The maximum atomic E-state index is 6.66. The summed E-state index contributed by atoms with van der Waals surface area (Å²) < 4.78 is 23.2. The van der Waals surface area contributed by atoms with Crippen molar-refractivity contribution in [2.75, 3.05) is 39.5 Å². The van der Waals surface area contributed by atoms with Crippen LogP contribution in [0.15, 0.2) is 18.2 Å². The number of ether oxygens (including phenoxy) is 4. The molecule has 1 saturated carbocycles. The van der Waals surface area contributed by atoms with Gasteiger partial charge in [-0.3, -0.25) is 4.90 Å². The highest BCUT2D eigenvalue weighted by Gasteiger charge is 2.25. The molecular weight excluding hydrogens is 380 g/mol. The average Bonchev–Trinajstić information content (AvgIpc) is 3.48. The lowest BCUT2D eigenvalue weighted by Gasteiger charge is -2.26. The minimum absolute atomic E-state index is 0.0441. The molecule has 0 unspecified atom stereocenters. The summed E-state index contributed by atoms with van der Waals surface area (Å²) in [5.41, 5.74) is 0.652. The normalized spacial score (nSPS) is 17.9. The molecule has 2 aliphatic rings. The topological polar surface area (TPSA) is 53.0 Å². The second kappa shape index (κ2) is 8.72. The predicted octanol–water partition coefficient (Wildman–Crippen LogP) is 3.93. The number of nitrogens with zero attached hydrogens (tertiary/aromatic N) is 2. The molecule has 0 N–H and O–H groups in total. The standard InChI is InChI=1S/C21H27ClN2O4/c1-14(2)27-18-13-19(28-15-3-4-15)23-21-16(18)5-6-17(20(21)22)26-12-9-24-7-10-25-11-8-24/h5-6,13-15H,3-4,7-12H2,1-2H3. The van der Waals surface area contributed by atoms with Gasteiger partial charge in [-0.1, -0.05) is 11.6 Å². The SMILES string of the molecule is CC(C)Oc1cc(OC2CC2)nc2c(Cl)c(OCCN3CCOCC3)ccc12. The van der Waals surface area contributed by atoms with Crippen LogP contribution >= 0.6 is 11.6 Å². The summed E-state index contributed by atoms with van der Waals surface area (Å²) >= 11 is 6.66. The first-order valence-corrected chi connectivity index (χ1v) is 10.4. The second-order valence-corrected chi connectivity index (χ2v) is 7.90. The van der Waals surface area contributed by atoms with E-state index < -0.39 is 0 Å². The minimum atomic E-state index is 0.0441. The monoisotopic (exact) mass is 406 g/mol. The van der Waals surface area contributed by atoms with E-state index in [1.165, 1.54) is 0 Å². The third-order valence-electron chi connectivity index (χ3n) is 4.77. The average molecular weight is 407 g/mol. The van der Waals surface area contributed by atoms with Gasteiger partial charge in [0.1, 0.15) is 34.7 Å². The molecule has 2 heterocycles. The second-order valence-electron chi connectivity index (χ2n) is 7.52. The fourth-order valence-corrected chi connectivity index (χ4v) is 3.44. The summed E-state index contributed by atoms with van der Waals surface area (Å²) in [6.07, 6.45) is 2.43. The summed E-state index contributed by atoms with van der Waals surface area (Å²) in [4.78, 5) is 6.97. The first kappa shape index (κ1) is 19.6. The molecule has 152 valence electrons. The van der Waals surface area contributed by atoms with Crippen molar-refractivity contribution in [3.8, 4) is 17.4 Å². The summed E-state index contributed by atoms with van der Waals surface area (Å²) in [5.74, 6) is 1.92. The number of halogens is 1. The molecule has 4 rings (SSSR count). The fourth-order valence-electron chi connectivity index (χ4n) is 3.18. The molecule has 0 amide bonds. The number of hydrogen-bond acceptors (Lipinski definition) is 6. The molecule has 0 bridgehead atoms. The van der Waals surface area contributed by atoms with Gasteiger partial charge in [-0.05, 0) is 38.8 Å². The maximum Gasteiger partial charge on any atom is 0.217 e. The Morgan fingerprint density at radius 1 is 1.21 bits per heavy atom. The van der Waals surface area contributed by atoms with Crippen LogP contribution in [0.2, 0.25) is 5.02 Å². The van der Waals surface area contributed by atoms with E-state index in [0.29, 0.717) is 28.8 Å². The number of hydrogen-bond donors (Lipinski definition) is 0. The van der Waals surface area contributed by atoms with Crippen LogP contribution in [0.25, 0.3) is 10.9 Å². The van der Waals surface area contributed by atoms with Crippen molar-refractivity contribution in [3.05, 3.63) is 23.2 Å². The van der Waals surface area contributed by atoms with Gasteiger partial charge in [0.25, 0.3) is 0 Å². The van der Waals surface area contributed by atoms with E-state index in [-0.39, 0.29) is 12.2 Å². The first-order chi connectivity index (χ1) is 13.6. The van der Waals surface area contributed by atoms with E-state index in [1.54, 1.807) is 0 Å². The largest absolute Gasteiger partial charge is 0.491 e. The zero-order chi connectivity index (χ0) is 19.5. The molecule has 0 atom stereocenters. The highest BCUT2D eigenvalue weighted by Crippen LogP contribution is 2.39. The molecule has 0 radical (unpaired) electrons. The van der Waals surface area contributed by atoms with Gasteiger partial charge in [-0.2, -0.15) is 0 Å². The Labute approximate surface area is 170 Å². The Kier molecular flexibility index (Phi) is 6.09. The zero-order valence-electron chi connectivity index (χ0n) is 16.4. The smallest absolute Gasteiger partial charge is 0.217 e. The van der Waals surface area contributed by atoms with E-state index in [1.807, 2.05) is 32.0 Å². The third-order valence-corrected chi connectivity index (χ3v) is 5.13. The Bertz CT molecular complexity index is 820. The Balaban J connectivity index is 1.55. The molecular formula is C21H27ClN2O4. The molecule has 1 aliphatic carbocycles. The van der Waals surface area contributed by atoms with Crippen LogP contribution in [0.1, 0.15) is 26.7 Å². The number of fused-ring (bicyclic) bond motifs is 1. The van der Waals surface area contributed by atoms with Gasteiger partial charge in [0.05, 0.1) is 19.3 Å². The minimum Gasteiger partial charge on any atom is -0.491 e. The van der Waals surface area contributed by atoms with Gasteiger partial charge < -0.3 is 18.9 Å². The molecule has 7 heteroatoms. The number of benzene rings is 1. The lowest BCUT2D eigenvalue weighted by molar-refractivity contribution is 0.0322. The van der Waals surface area contributed by atoms with Gasteiger partial charge in [0.2, 0.25) is 5.88 Å². The Hall–Kier alpha value is -1.76. The Morgan fingerprint density at radius 3 is 2.71 bits per heavy atom. The van der Waals surface area contributed by atoms with Crippen LogP contribution in [0.5, 0.6) is 17.4 Å². The molecule has 1 aromatic carbocycles. The van der Waals surface area contributed by atoms with Crippen molar-refractivity contribution >= 4 is 22.5 Å². The van der Waals surface area contributed by atoms with Crippen molar-refractivity contribution in [1.82, 2.24) is 9.88 Å². The molecule has 1 saturated heterocycles. The predicted molar refractivity (Wildman–Crippen MR) is 109 cm³/mol. The van der Waals surface area contributed by atoms with Crippen molar-refractivity contribution in [2.24, 2.45) is 0 Å². The molecule has 0 spiro atoms. The quantitative estimate of drug-likeness (QED) is 0.662. The van der Waals surface area contributed by atoms with Gasteiger partial charge in [-0.25, -0.2) is 4.98 Å². The first-order valence-electron chi connectivity index (χ1n) is 9.99. The van der Waals surface area contributed by atoms with Crippen LogP contribution in [-0.2, 0) is 4.74 Å². The Morgan fingerprint density at radius 2 is 2.00 bits per heavy atom. The molecule has 28 heavy (non-hydrogen) atoms. The summed E-state index contributed by atoms with van der Waals surface area (Å²) in [6.45, 7) is 8.85. The van der Waals surface area contributed by atoms with E-state index in [9.17, 15) is 0 Å². The van der Waals surface area contributed by atoms with E-state index in [4.69, 9.17) is 30.5 Å². The number of pyridine rings is 1. The van der Waals surface area contributed by atoms with Gasteiger partial charge in [0.15, 0.2) is 0 Å². The van der Waals surface area contributed by atoms with E-state index >= 15 is 0 Å². The fraction of sp³-hybridized carbons (Fsp3) is 0.571. The highest BCUT2D eigenvalue weighted by molar-refractivity contribution is 6.36. The number of aromatic nitrogens is 1. The van der Waals surface area contributed by atoms with Crippen LogP contribution in [0, 0.1) is 0 Å². The summed E-state index contributed by atoms with van der Waals surface area (Å²) in [7, 11) is 0. The van der Waals surface area contributed by atoms with Crippen LogP contribution < -0.4 is 14.2 Å². The zero-order valence-corrected chi connectivity index (χ0v) is 17.2. The van der Waals surface area contributed by atoms with Gasteiger partial charge in [0, 0.05) is 31.1 Å². The molecule has 6 nitrogen and oxygen atoms in total. The summed E-state index contributed by atoms with van der Waals surface area (Å²) in [6, 6.07) is 5.70. The van der Waals surface area contributed by atoms with Gasteiger partial charge in [-0.15, -0.1) is 0 Å². The van der Waals surface area contributed by atoms with E-state index in [2.05, 4.69) is 9.88 Å². The van der Waals surface area contributed by atoms with E-state index in [0.717, 1.165) is 56.8 Å². The van der Waals surface area contributed by atoms with Crippen LogP contribution in [-0.4, -0.2) is 61.5 Å². The lowest BCUT2D eigenvalue weighted by Crippen LogP contribution is -2.38. The van der Waals surface area contributed by atoms with Crippen LogP contribution in [0.4, 0.5) is 0 Å². The molecule has 1 aliphatic heterocycles. The molecule has 2 aromatic rings. The lowest BCUT2D eigenvalue weighted by atomic mass is 10.2. The van der Waals surface area contributed by atoms with Crippen molar-refractivity contribution in [1.29, 1.82) is 0 Å². The summed E-state index contributed by atoms with van der Waals surface area (Å²) in [5, 5.41) is 1.36. The van der Waals surface area contributed by atoms with Crippen molar-refractivity contribution in [2.45, 2.75) is 38.9 Å². The van der Waals surface area contributed by atoms with Crippen LogP contribution in [0.3, 0.4) is 0 Å². The number of morpholine rings is 1. The van der Waals surface area contributed by atoms with Crippen molar-refractivity contribution in [3.63, 3.8) is 0 Å².